The normalized spacial score (nSPS) is 10.3. The Bertz CT molecular complexity index is 590. The van der Waals surface area contributed by atoms with Crippen LogP contribution in [0.2, 0.25) is 0 Å². The number of ether oxygens (including phenoxy) is 3. The van der Waals surface area contributed by atoms with Crippen LogP contribution in [0, 0.1) is 5.92 Å². The largest absolute Gasteiger partial charge is 0.493 e. The zero-order valence-electron chi connectivity index (χ0n) is 15.4. The van der Waals surface area contributed by atoms with E-state index >= 15 is 0 Å². The van der Waals surface area contributed by atoms with Gasteiger partial charge in [-0.1, -0.05) is 13.8 Å². The first-order valence-electron chi connectivity index (χ1n) is 8.39. The van der Waals surface area contributed by atoms with Crippen LogP contribution in [0.4, 0.5) is 5.69 Å². The molecule has 0 atom stereocenters. The number of rotatable bonds is 10. The monoisotopic (exact) mass is 382 g/mol. The Labute approximate surface area is 159 Å². The van der Waals surface area contributed by atoms with Gasteiger partial charge in [-0.15, -0.1) is 0 Å². The van der Waals surface area contributed by atoms with E-state index in [4.69, 9.17) is 26.4 Å². The first-order chi connectivity index (χ1) is 12.4. The average molecular weight is 382 g/mol. The summed E-state index contributed by atoms with van der Waals surface area (Å²) in [4.78, 5) is 23.2. The molecule has 0 aromatic heterocycles. The molecule has 1 aromatic rings. The van der Waals surface area contributed by atoms with Crippen molar-refractivity contribution in [3.8, 4) is 5.75 Å². The maximum atomic E-state index is 11.8. The Morgan fingerprint density at radius 1 is 1.12 bits per heavy atom. The fourth-order valence-electron chi connectivity index (χ4n) is 1.78. The predicted octanol–water partition coefficient (Wildman–Crippen LogP) is 2.50. The van der Waals surface area contributed by atoms with Crippen molar-refractivity contribution >= 4 is 34.9 Å². The van der Waals surface area contributed by atoms with Gasteiger partial charge in [-0.3, -0.25) is 9.59 Å². The van der Waals surface area contributed by atoms with Crippen LogP contribution in [0.1, 0.15) is 26.7 Å². The molecule has 0 aliphatic carbocycles. The topological polar surface area (TPSA) is 85.9 Å². The molecule has 1 rings (SSSR count). The minimum atomic E-state index is -0.451. The summed E-state index contributed by atoms with van der Waals surface area (Å²) in [6, 6.07) is 7.26. The molecule has 0 fully saturated rings. The second-order valence-corrected chi connectivity index (χ2v) is 6.35. The third-order valence-corrected chi connectivity index (χ3v) is 3.26. The van der Waals surface area contributed by atoms with Gasteiger partial charge in [0.1, 0.15) is 12.4 Å². The van der Waals surface area contributed by atoms with Crippen molar-refractivity contribution in [3.05, 3.63) is 24.3 Å². The summed E-state index contributed by atoms with van der Waals surface area (Å²) in [6.45, 7) is 5.31. The van der Waals surface area contributed by atoms with Gasteiger partial charge in [0.25, 0.3) is 0 Å². The smallest absolute Gasteiger partial charge is 0.306 e. The third kappa shape index (κ3) is 9.95. The predicted molar refractivity (Wildman–Crippen MR) is 103 cm³/mol. The first-order valence-corrected chi connectivity index (χ1v) is 8.79. The minimum absolute atomic E-state index is 0.00435. The molecule has 144 valence electrons. The number of amides is 1. The number of thiocarbonyl (C=S) groups is 1. The SMILES string of the molecule is COCCOC(=O)CCC(=O)NC(=S)Nc1ccc(OCC(C)C)cc1. The number of anilines is 1. The highest BCUT2D eigenvalue weighted by atomic mass is 32.1. The van der Waals surface area contributed by atoms with E-state index in [1.54, 1.807) is 12.1 Å². The summed E-state index contributed by atoms with van der Waals surface area (Å²) in [5.74, 6) is 0.412. The van der Waals surface area contributed by atoms with Crippen LogP contribution < -0.4 is 15.4 Å². The second kappa shape index (κ2) is 12.2. The highest BCUT2D eigenvalue weighted by molar-refractivity contribution is 7.80. The maximum absolute atomic E-state index is 11.8. The van der Waals surface area contributed by atoms with Crippen molar-refractivity contribution in [2.75, 3.05) is 32.2 Å². The summed E-state index contributed by atoms with van der Waals surface area (Å²) in [5.41, 5.74) is 0.728. The van der Waals surface area contributed by atoms with E-state index in [0.717, 1.165) is 11.4 Å². The lowest BCUT2D eigenvalue weighted by molar-refractivity contribution is -0.146. The van der Waals surface area contributed by atoms with E-state index < -0.39 is 5.97 Å². The van der Waals surface area contributed by atoms with Crippen LogP contribution in [0.15, 0.2) is 24.3 Å². The molecule has 0 saturated carbocycles. The first kappa shape index (κ1) is 21.9. The van der Waals surface area contributed by atoms with E-state index in [0.29, 0.717) is 19.1 Å². The van der Waals surface area contributed by atoms with Gasteiger partial charge in [0.05, 0.1) is 19.6 Å². The summed E-state index contributed by atoms with van der Waals surface area (Å²) < 4.78 is 15.2. The van der Waals surface area contributed by atoms with Gasteiger partial charge in [0.15, 0.2) is 5.11 Å². The number of nitrogens with one attached hydrogen (secondary N) is 2. The molecule has 0 heterocycles. The molecule has 1 amide bonds. The number of carbonyl (C=O) groups excluding carboxylic acids is 2. The minimum Gasteiger partial charge on any atom is -0.493 e. The molecule has 26 heavy (non-hydrogen) atoms. The van der Waals surface area contributed by atoms with Crippen molar-refractivity contribution in [1.29, 1.82) is 0 Å². The van der Waals surface area contributed by atoms with E-state index in [2.05, 4.69) is 24.5 Å². The maximum Gasteiger partial charge on any atom is 0.306 e. The molecule has 0 unspecified atom stereocenters. The van der Waals surface area contributed by atoms with Crippen molar-refractivity contribution < 1.29 is 23.8 Å². The molecule has 0 spiro atoms. The van der Waals surface area contributed by atoms with Crippen LogP contribution in [-0.2, 0) is 19.1 Å². The molecular formula is C18H26N2O5S. The van der Waals surface area contributed by atoms with Crippen LogP contribution in [0.5, 0.6) is 5.75 Å². The Hall–Kier alpha value is -2.19. The van der Waals surface area contributed by atoms with Crippen LogP contribution in [-0.4, -0.2) is 43.9 Å². The summed E-state index contributed by atoms with van der Waals surface area (Å²) in [5, 5.41) is 5.59. The van der Waals surface area contributed by atoms with Crippen molar-refractivity contribution in [1.82, 2.24) is 5.32 Å². The van der Waals surface area contributed by atoms with Gasteiger partial charge in [-0.25, -0.2) is 0 Å². The lowest BCUT2D eigenvalue weighted by atomic mass is 10.2. The number of benzene rings is 1. The second-order valence-electron chi connectivity index (χ2n) is 5.94. The highest BCUT2D eigenvalue weighted by Gasteiger charge is 2.09. The van der Waals surface area contributed by atoms with Crippen molar-refractivity contribution in [2.45, 2.75) is 26.7 Å². The van der Waals surface area contributed by atoms with E-state index in [1.165, 1.54) is 7.11 Å². The fraction of sp³-hybridized carbons (Fsp3) is 0.500. The molecule has 1 aromatic carbocycles. The van der Waals surface area contributed by atoms with Gasteiger partial charge in [-0.05, 0) is 42.4 Å². The number of carbonyl (C=O) groups is 2. The van der Waals surface area contributed by atoms with Gasteiger partial charge in [0, 0.05) is 19.2 Å². The van der Waals surface area contributed by atoms with Crippen LogP contribution >= 0.6 is 12.2 Å². The summed E-state index contributed by atoms with van der Waals surface area (Å²) in [7, 11) is 1.52. The zero-order valence-corrected chi connectivity index (χ0v) is 16.2. The molecule has 2 N–H and O–H groups in total. The van der Waals surface area contributed by atoms with Crippen molar-refractivity contribution in [3.63, 3.8) is 0 Å². The third-order valence-electron chi connectivity index (χ3n) is 3.06. The molecule has 0 saturated heterocycles. The van der Waals surface area contributed by atoms with E-state index in [9.17, 15) is 9.59 Å². The summed E-state index contributed by atoms with van der Waals surface area (Å²) >= 11 is 5.09. The Kier molecular flexibility index (Phi) is 10.3. The number of hydrogen-bond acceptors (Lipinski definition) is 6. The van der Waals surface area contributed by atoms with Gasteiger partial charge >= 0.3 is 5.97 Å². The Balaban J connectivity index is 2.30. The quantitative estimate of drug-likeness (QED) is 0.365. The molecule has 7 nitrogen and oxygen atoms in total. The Morgan fingerprint density at radius 2 is 1.81 bits per heavy atom. The zero-order chi connectivity index (χ0) is 19.4. The average Bonchev–Trinajstić information content (AvgIpc) is 2.59. The summed E-state index contributed by atoms with van der Waals surface area (Å²) in [6.07, 6.45) is -0.0182. The Morgan fingerprint density at radius 3 is 2.42 bits per heavy atom. The molecular weight excluding hydrogens is 356 g/mol. The fourth-order valence-corrected chi connectivity index (χ4v) is 2.01. The highest BCUT2D eigenvalue weighted by Crippen LogP contribution is 2.16. The van der Waals surface area contributed by atoms with Gasteiger partial charge < -0.3 is 24.8 Å². The molecule has 0 aliphatic heterocycles. The van der Waals surface area contributed by atoms with Crippen molar-refractivity contribution in [2.24, 2.45) is 5.92 Å². The lowest BCUT2D eigenvalue weighted by Crippen LogP contribution is -2.34. The van der Waals surface area contributed by atoms with Crippen LogP contribution in [0.25, 0.3) is 0 Å². The van der Waals surface area contributed by atoms with E-state index in [1.807, 2.05) is 12.1 Å². The molecule has 8 heteroatoms. The molecule has 0 radical (unpaired) electrons. The lowest BCUT2D eigenvalue weighted by Gasteiger charge is -2.11. The van der Waals surface area contributed by atoms with Gasteiger partial charge in [0.2, 0.25) is 5.91 Å². The number of methoxy groups -OCH3 is 1. The number of esters is 1. The standard InChI is InChI=1S/C18H26N2O5S/c1-13(2)12-25-15-6-4-14(5-7-15)19-18(26)20-16(21)8-9-17(22)24-11-10-23-3/h4-7,13H,8-12H2,1-3H3,(H2,19,20,21,26). The molecule has 0 bridgehead atoms. The molecule has 0 aliphatic rings. The number of hydrogen-bond donors (Lipinski definition) is 2. The van der Waals surface area contributed by atoms with E-state index in [-0.39, 0.29) is 30.5 Å². The van der Waals surface area contributed by atoms with Crippen LogP contribution in [0.3, 0.4) is 0 Å². The van der Waals surface area contributed by atoms with Gasteiger partial charge in [-0.2, -0.15) is 0 Å².